The fraction of sp³-hybridized carbons (Fsp3) is 0.779. The Kier molecular flexibility index (Phi) is 68.2. The SMILES string of the molecule is CC/C=C\C/C=C\C/C=C\C/C=C\CCCCCCC(=O)OCC(COC(=O)CCCCCCCCCCCCCCCCC/C=C\CCCCCCCCCC)OC(=O)CCCCCCCCCCC/C=C\C/C=C\CCCCCCC. The van der Waals surface area contributed by atoms with E-state index in [1.54, 1.807) is 0 Å². The van der Waals surface area contributed by atoms with E-state index in [0.29, 0.717) is 19.3 Å². The van der Waals surface area contributed by atoms with Crippen LogP contribution in [0.3, 0.4) is 0 Å². The van der Waals surface area contributed by atoms with Gasteiger partial charge < -0.3 is 14.2 Å². The zero-order valence-electron chi connectivity index (χ0n) is 55.2. The van der Waals surface area contributed by atoms with Crippen LogP contribution in [0.25, 0.3) is 0 Å². The number of unbranched alkanes of at least 4 members (excludes halogenated alkanes) is 41. The molecule has 0 bridgehead atoms. The van der Waals surface area contributed by atoms with Crippen molar-refractivity contribution < 1.29 is 28.6 Å². The van der Waals surface area contributed by atoms with E-state index in [-0.39, 0.29) is 31.1 Å². The van der Waals surface area contributed by atoms with E-state index in [0.717, 1.165) is 103 Å². The van der Waals surface area contributed by atoms with Crippen molar-refractivity contribution >= 4 is 17.9 Å². The Balaban J connectivity index is 4.33. The van der Waals surface area contributed by atoms with Crippen molar-refractivity contribution in [1.29, 1.82) is 0 Å². The van der Waals surface area contributed by atoms with Gasteiger partial charge in [-0.05, 0) is 116 Å². The maximum Gasteiger partial charge on any atom is 0.306 e. The molecule has 6 nitrogen and oxygen atoms in total. The van der Waals surface area contributed by atoms with Crippen molar-refractivity contribution in [1.82, 2.24) is 0 Å². The Morgan fingerprint density at radius 1 is 0.253 bits per heavy atom. The third kappa shape index (κ3) is 69.3. The molecule has 480 valence electrons. The lowest BCUT2D eigenvalue weighted by atomic mass is 10.0. The Labute approximate surface area is 515 Å². The second kappa shape index (κ2) is 71.1. The van der Waals surface area contributed by atoms with Crippen molar-refractivity contribution in [3.63, 3.8) is 0 Å². The summed E-state index contributed by atoms with van der Waals surface area (Å²) in [6.45, 7) is 6.54. The van der Waals surface area contributed by atoms with Gasteiger partial charge in [-0.1, -0.05) is 318 Å². The molecule has 0 aliphatic rings. The minimum atomic E-state index is -0.791. The highest BCUT2D eigenvalue weighted by Crippen LogP contribution is 2.17. The topological polar surface area (TPSA) is 78.9 Å². The number of esters is 3. The molecule has 0 aromatic carbocycles. The van der Waals surface area contributed by atoms with Gasteiger partial charge >= 0.3 is 17.9 Å². The smallest absolute Gasteiger partial charge is 0.306 e. The molecule has 0 rings (SSSR count). The highest BCUT2D eigenvalue weighted by Gasteiger charge is 2.19. The highest BCUT2D eigenvalue weighted by molar-refractivity contribution is 5.71. The van der Waals surface area contributed by atoms with Crippen LogP contribution in [-0.2, 0) is 28.6 Å². The minimum absolute atomic E-state index is 0.0839. The molecule has 0 aromatic heterocycles. The molecular formula is C77H136O6. The normalized spacial score (nSPS) is 12.6. The number of rotatable bonds is 66. The summed E-state index contributed by atoms with van der Waals surface area (Å²) in [5.41, 5.74) is 0. The standard InChI is InChI=1S/C77H136O6/c1-4-7-10-13-16-19-22-25-28-31-33-35-36-37-38-39-40-42-43-46-49-52-55-58-61-64-67-70-76(79)82-73-74(72-81-75(78)69-66-63-60-57-54-51-48-45-30-27-24-21-18-15-12-9-6-3)83-77(80)71-68-65-62-59-56-53-50-47-44-41-34-32-29-26-23-20-17-14-11-8-5-2/h9,12,18,21,23,26-27,30-34,48,51,74H,4-8,10-11,13-17,19-20,22,24-25,28-29,35-47,49-50,52-73H2,1-3H3/b12-9-,21-18-,26-23-,30-27-,33-31-,34-32-,51-48-. The van der Waals surface area contributed by atoms with Gasteiger partial charge in [0, 0.05) is 19.3 Å². The van der Waals surface area contributed by atoms with E-state index in [1.807, 2.05) is 0 Å². The van der Waals surface area contributed by atoms with Gasteiger partial charge in [0.15, 0.2) is 6.10 Å². The first-order valence-corrected chi connectivity index (χ1v) is 36.1. The third-order valence-electron chi connectivity index (χ3n) is 15.9. The zero-order valence-corrected chi connectivity index (χ0v) is 55.2. The highest BCUT2D eigenvalue weighted by atomic mass is 16.6. The first-order chi connectivity index (χ1) is 41.0. The second-order valence-corrected chi connectivity index (χ2v) is 24.1. The number of carbonyl (C=O) groups is 3. The molecule has 1 atom stereocenters. The summed E-state index contributed by atoms with van der Waals surface area (Å²) in [6.07, 6.45) is 94.7. The van der Waals surface area contributed by atoms with Crippen LogP contribution >= 0.6 is 0 Å². The van der Waals surface area contributed by atoms with Gasteiger partial charge in [-0.15, -0.1) is 0 Å². The summed E-state index contributed by atoms with van der Waals surface area (Å²) in [5.74, 6) is -0.894. The van der Waals surface area contributed by atoms with Gasteiger partial charge in [-0.25, -0.2) is 0 Å². The summed E-state index contributed by atoms with van der Waals surface area (Å²) in [7, 11) is 0. The first-order valence-electron chi connectivity index (χ1n) is 36.1. The second-order valence-electron chi connectivity index (χ2n) is 24.1. The molecule has 0 spiro atoms. The Morgan fingerprint density at radius 2 is 0.470 bits per heavy atom. The summed E-state index contributed by atoms with van der Waals surface area (Å²) >= 11 is 0. The van der Waals surface area contributed by atoms with E-state index >= 15 is 0 Å². The molecular weight excluding hydrogens is 1020 g/mol. The maximum atomic E-state index is 13.0. The number of hydrogen-bond donors (Lipinski definition) is 0. The van der Waals surface area contributed by atoms with Crippen molar-refractivity contribution in [3.8, 4) is 0 Å². The Hall–Kier alpha value is -3.41. The molecule has 0 N–H and O–H groups in total. The van der Waals surface area contributed by atoms with Crippen molar-refractivity contribution in [2.75, 3.05) is 13.2 Å². The average Bonchev–Trinajstić information content (AvgIpc) is 3.50. The first kappa shape index (κ1) is 79.6. The Morgan fingerprint density at radius 3 is 0.747 bits per heavy atom. The largest absolute Gasteiger partial charge is 0.462 e. The van der Waals surface area contributed by atoms with E-state index in [9.17, 15) is 14.4 Å². The zero-order chi connectivity index (χ0) is 59.9. The molecule has 1 unspecified atom stereocenters. The van der Waals surface area contributed by atoms with Crippen LogP contribution in [0.4, 0.5) is 0 Å². The molecule has 6 heteroatoms. The number of allylic oxidation sites excluding steroid dienone is 14. The van der Waals surface area contributed by atoms with Crippen LogP contribution in [0.1, 0.15) is 367 Å². The summed E-state index contributed by atoms with van der Waals surface area (Å²) in [4.78, 5) is 38.5. The average molecular weight is 1160 g/mol. The van der Waals surface area contributed by atoms with E-state index < -0.39 is 6.10 Å². The van der Waals surface area contributed by atoms with E-state index in [4.69, 9.17) is 14.2 Å². The molecule has 0 saturated carbocycles. The molecule has 0 fully saturated rings. The van der Waals surface area contributed by atoms with Gasteiger partial charge in [-0.3, -0.25) is 14.4 Å². The molecule has 0 amide bonds. The summed E-state index contributed by atoms with van der Waals surface area (Å²) < 4.78 is 17.0. The van der Waals surface area contributed by atoms with Crippen molar-refractivity contribution in [2.45, 2.75) is 374 Å². The molecule has 0 heterocycles. The maximum absolute atomic E-state index is 13.0. The van der Waals surface area contributed by atoms with Crippen LogP contribution in [0.2, 0.25) is 0 Å². The molecule has 83 heavy (non-hydrogen) atoms. The van der Waals surface area contributed by atoms with Gasteiger partial charge in [0.2, 0.25) is 0 Å². The Bertz CT molecular complexity index is 1570. The van der Waals surface area contributed by atoms with Crippen LogP contribution in [-0.4, -0.2) is 37.2 Å². The van der Waals surface area contributed by atoms with Gasteiger partial charge in [0.1, 0.15) is 13.2 Å². The van der Waals surface area contributed by atoms with Crippen molar-refractivity contribution in [3.05, 3.63) is 85.1 Å². The lowest BCUT2D eigenvalue weighted by Gasteiger charge is -2.18. The van der Waals surface area contributed by atoms with E-state index in [1.165, 1.54) is 225 Å². The van der Waals surface area contributed by atoms with Crippen LogP contribution in [0.15, 0.2) is 85.1 Å². The molecule has 0 saturated heterocycles. The fourth-order valence-electron chi connectivity index (χ4n) is 10.5. The molecule has 0 radical (unpaired) electrons. The lowest BCUT2D eigenvalue weighted by Crippen LogP contribution is -2.30. The summed E-state index contributed by atoms with van der Waals surface area (Å²) in [5, 5.41) is 0. The summed E-state index contributed by atoms with van der Waals surface area (Å²) in [6, 6.07) is 0. The number of hydrogen-bond acceptors (Lipinski definition) is 6. The fourth-order valence-corrected chi connectivity index (χ4v) is 10.5. The predicted octanol–water partition coefficient (Wildman–Crippen LogP) is 25.0. The quantitative estimate of drug-likeness (QED) is 0.0261. The van der Waals surface area contributed by atoms with Crippen LogP contribution in [0, 0.1) is 0 Å². The number of ether oxygens (including phenoxy) is 3. The monoisotopic (exact) mass is 1160 g/mol. The van der Waals surface area contributed by atoms with Crippen molar-refractivity contribution in [2.24, 2.45) is 0 Å². The van der Waals surface area contributed by atoms with E-state index in [2.05, 4.69) is 106 Å². The van der Waals surface area contributed by atoms with Gasteiger partial charge in [0.05, 0.1) is 0 Å². The molecule has 0 aromatic rings. The third-order valence-corrected chi connectivity index (χ3v) is 15.9. The minimum Gasteiger partial charge on any atom is -0.462 e. The molecule has 0 aliphatic carbocycles. The van der Waals surface area contributed by atoms with Gasteiger partial charge in [0.25, 0.3) is 0 Å². The lowest BCUT2D eigenvalue weighted by molar-refractivity contribution is -0.167. The molecule has 0 aliphatic heterocycles. The van der Waals surface area contributed by atoms with Gasteiger partial charge in [-0.2, -0.15) is 0 Å². The number of carbonyl (C=O) groups excluding carboxylic acids is 3. The predicted molar refractivity (Wildman–Crippen MR) is 362 cm³/mol. The van der Waals surface area contributed by atoms with Crippen LogP contribution in [0.5, 0.6) is 0 Å². The van der Waals surface area contributed by atoms with Crippen LogP contribution < -0.4 is 0 Å².